The van der Waals surface area contributed by atoms with Gasteiger partial charge >= 0.3 is 0 Å². The van der Waals surface area contributed by atoms with E-state index in [1.54, 1.807) is 0 Å². The predicted molar refractivity (Wildman–Crippen MR) is 76.7 cm³/mol. The van der Waals surface area contributed by atoms with Crippen LogP contribution in [0.2, 0.25) is 0 Å². The molecule has 1 atom stereocenters. The second kappa shape index (κ2) is 6.85. The standard InChI is InChI=1S/C14H27N3O3/c1-14(2)11-15-8-12(20-14)9-19-10-13(18)17-6-4-16(3)5-7-17/h12,15H,4-11H2,1-3H3. The Balaban J connectivity index is 1.64. The number of carbonyl (C=O) groups is 1. The molecule has 2 heterocycles. The van der Waals surface area contributed by atoms with Gasteiger partial charge in [0.15, 0.2) is 0 Å². The van der Waals surface area contributed by atoms with E-state index in [-0.39, 0.29) is 24.2 Å². The van der Waals surface area contributed by atoms with Crippen molar-refractivity contribution >= 4 is 5.91 Å². The highest BCUT2D eigenvalue weighted by molar-refractivity contribution is 5.77. The summed E-state index contributed by atoms with van der Waals surface area (Å²) in [5.74, 6) is 0.0844. The molecule has 0 aromatic heterocycles. The zero-order valence-electron chi connectivity index (χ0n) is 12.9. The normalized spacial score (nSPS) is 27.6. The average Bonchev–Trinajstić information content (AvgIpc) is 2.38. The minimum Gasteiger partial charge on any atom is -0.369 e. The second-order valence-electron chi connectivity index (χ2n) is 6.33. The van der Waals surface area contributed by atoms with Crippen LogP contribution in [0.4, 0.5) is 0 Å². The van der Waals surface area contributed by atoms with E-state index < -0.39 is 0 Å². The lowest BCUT2D eigenvalue weighted by molar-refractivity contribution is -0.144. The molecular formula is C14H27N3O3. The van der Waals surface area contributed by atoms with Gasteiger partial charge in [-0.3, -0.25) is 4.79 Å². The summed E-state index contributed by atoms with van der Waals surface area (Å²) >= 11 is 0. The summed E-state index contributed by atoms with van der Waals surface area (Å²) < 4.78 is 11.4. The highest BCUT2D eigenvalue weighted by Gasteiger charge is 2.28. The van der Waals surface area contributed by atoms with E-state index in [1.807, 2.05) is 4.90 Å². The molecular weight excluding hydrogens is 258 g/mol. The maximum atomic E-state index is 12.0. The third-order valence-electron chi connectivity index (χ3n) is 3.79. The van der Waals surface area contributed by atoms with Crippen LogP contribution < -0.4 is 5.32 Å². The van der Waals surface area contributed by atoms with Gasteiger partial charge in [0.2, 0.25) is 5.91 Å². The summed E-state index contributed by atoms with van der Waals surface area (Å²) in [5.41, 5.74) is -0.159. The van der Waals surface area contributed by atoms with E-state index in [0.717, 1.165) is 39.3 Å². The molecule has 2 aliphatic rings. The Kier molecular flexibility index (Phi) is 5.37. The van der Waals surface area contributed by atoms with Crippen LogP contribution in [-0.4, -0.2) is 86.9 Å². The second-order valence-corrected chi connectivity index (χ2v) is 6.33. The Labute approximate surface area is 121 Å². The lowest BCUT2D eigenvalue weighted by Crippen LogP contribution is -2.52. The molecule has 0 aliphatic carbocycles. The lowest BCUT2D eigenvalue weighted by Gasteiger charge is -2.36. The number of hydrogen-bond donors (Lipinski definition) is 1. The summed E-state index contributed by atoms with van der Waals surface area (Å²) in [6, 6.07) is 0. The first kappa shape index (κ1) is 15.7. The first-order chi connectivity index (χ1) is 9.46. The zero-order chi connectivity index (χ0) is 14.6. The minimum absolute atomic E-state index is 0.0269. The van der Waals surface area contributed by atoms with E-state index in [0.29, 0.717) is 6.61 Å². The SMILES string of the molecule is CN1CCN(C(=O)COCC2CNCC(C)(C)O2)CC1. The molecule has 0 spiro atoms. The van der Waals surface area contributed by atoms with Gasteiger partial charge in [-0.05, 0) is 20.9 Å². The average molecular weight is 285 g/mol. The number of piperazine rings is 1. The van der Waals surface area contributed by atoms with Gasteiger partial charge in [-0.1, -0.05) is 0 Å². The summed E-state index contributed by atoms with van der Waals surface area (Å²) in [7, 11) is 2.08. The summed E-state index contributed by atoms with van der Waals surface area (Å²) in [5, 5.41) is 3.33. The zero-order valence-corrected chi connectivity index (χ0v) is 12.9. The highest BCUT2D eigenvalue weighted by Crippen LogP contribution is 2.15. The molecule has 0 saturated carbocycles. The minimum atomic E-state index is -0.159. The maximum absolute atomic E-state index is 12.0. The van der Waals surface area contributed by atoms with E-state index in [4.69, 9.17) is 9.47 Å². The van der Waals surface area contributed by atoms with Crippen LogP contribution in [0.3, 0.4) is 0 Å². The molecule has 0 aromatic carbocycles. The van der Waals surface area contributed by atoms with E-state index in [2.05, 4.69) is 31.1 Å². The Morgan fingerprint density at radius 1 is 1.35 bits per heavy atom. The molecule has 2 fully saturated rings. The Morgan fingerprint density at radius 2 is 2.05 bits per heavy atom. The Hall–Kier alpha value is -0.690. The molecule has 6 nitrogen and oxygen atoms in total. The van der Waals surface area contributed by atoms with Crippen molar-refractivity contribution in [3.05, 3.63) is 0 Å². The van der Waals surface area contributed by atoms with Gasteiger partial charge in [0.25, 0.3) is 0 Å². The summed E-state index contributed by atoms with van der Waals surface area (Å²) in [4.78, 5) is 16.1. The van der Waals surface area contributed by atoms with Gasteiger partial charge < -0.3 is 24.6 Å². The number of hydrogen-bond acceptors (Lipinski definition) is 5. The number of nitrogens with one attached hydrogen (secondary N) is 1. The predicted octanol–water partition coefficient (Wildman–Crippen LogP) is -0.456. The third-order valence-corrected chi connectivity index (χ3v) is 3.79. The molecule has 2 saturated heterocycles. The van der Waals surface area contributed by atoms with Crippen LogP contribution in [0.5, 0.6) is 0 Å². The van der Waals surface area contributed by atoms with Crippen molar-refractivity contribution in [2.75, 3.05) is 59.5 Å². The molecule has 1 unspecified atom stereocenters. The fourth-order valence-corrected chi connectivity index (χ4v) is 2.59. The van der Waals surface area contributed by atoms with E-state index in [9.17, 15) is 4.79 Å². The van der Waals surface area contributed by atoms with Crippen molar-refractivity contribution in [2.45, 2.75) is 25.6 Å². The number of carbonyl (C=O) groups excluding carboxylic acids is 1. The number of likely N-dealkylation sites (N-methyl/N-ethyl adjacent to an activating group) is 1. The number of amides is 1. The van der Waals surface area contributed by atoms with Crippen molar-refractivity contribution in [2.24, 2.45) is 0 Å². The largest absolute Gasteiger partial charge is 0.369 e. The van der Waals surface area contributed by atoms with Gasteiger partial charge in [-0.15, -0.1) is 0 Å². The van der Waals surface area contributed by atoms with Gasteiger partial charge in [-0.25, -0.2) is 0 Å². The third kappa shape index (κ3) is 4.70. The fourth-order valence-electron chi connectivity index (χ4n) is 2.59. The lowest BCUT2D eigenvalue weighted by atomic mass is 10.1. The van der Waals surface area contributed by atoms with Crippen molar-refractivity contribution in [1.82, 2.24) is 15.1 Å². The monoisotopic (exact) mass is 285 g/mol. The molecule has 1 N–H and O–H groups in total. The molecule has 0 bridgehead atoms. The Bertz CT molecular complexity index is 328. The van der Waals surface area contributed by atoms with Gasteiger partial charge in [-0.2, -0.15) is 0 Å². The van der Waals surface area contributed by atoms with Crippen LogP contribution in [0, 0.1) is 0 Å². The molecule has 6 heteroatoms. The van der Waals surface area contributed by atoms with Crippen molar-refractivity contribution in [1.29, 1.82) is 0 Å². The molecule has 20 heavy (non-hydrogen) atoms. The molecule has 2 rings (SSSR count). The number of morpholine rings is 1. The van der Waals surface area contributed by atoms with Crippen LogP contribution in [0.25, 0.3) is 0 Å². The van der Waals surface area contributed by atoms with Gasteiger partial charge in [0.05, 0.1) is 18.3 Å². The smallest absolute Gasteiger partial charge is 0.248 e. The summed E-state index contributed by atoms with van der Waals surface area (Å²) in [6.07, 6.45) is 0.0269. The van der Waals surface area contributed by atoms with Crippen LogP contribution in [-0.2, 0) is 14.3 Å². The molecule has 0 radical (unpaired) electrons. The fraction of sp³-hybridized carbons (Fsp3) is 0.929. The number of rotatable bonds is 4. The van der Waals surface area contributed by atoms with Crippen molar-refractivity contribution in [3.8, 4) is 0 Å². The van der Waals surface area contributed by atoms with Gasteiger partial charge in [0, 0.05) is 39.3 Å². The number of nitrogens with zero attached hydrogens (tertiary/aromatic N) is 2. The maximum Gasteiger partial charge on any atom is 0.248 e. The quantitative estimate of drug-likeness (QED) is 0.758. The Morgan fingerprint density at radius 3 is 2.70 bits per heavy atom. The van der Waals surface area contributed by atoms with E-state index in [1.165, 1.54) is 0 Å². The number of ether oxygens (including phenoxy) is 2. The van der Waals surface area contributed by atoms with Crippen molar-refractivity contribution in [3.63, 3.8) is 0 Å². The van der Waals surface area contributed by atoms with Crippen LogP contribution in [0.15, 0.2) is 0 Å². The highest BCUT2D eigenvalue weighted by atomic mass is 16.5. The van der Waals surface area contributed by atoms with Crippen molar-refractivity contribution < 1.29 is 14.3 Å². The molecule has 116 valence electrons. The first-order valence-electron chi connectivity index (χ1n) is 7.39. The van der Waals surface area contributed by atoms with Gasteiger partial charge in [0.1, 0.15) is 6.61 Å². The van der Waals surface area contributed by atoms with Crippen LogP contribution in [0.1, 0.15) is 13.8 Å². The first-order valence-corrected chi connectivity index (χ1v) is 7.39. The molecule has 2 aliphatic heterocycles. The summed E-state index contributed by atoms with van der Waals surface area (Å²) in [6.45, 7) is 9.85. The topological polar surface area (TPSA) is 54.0 Å². The van der Waals surface area contributed by atoms with E-state index >= 15 is 0 Å². The molecule has 1 amide bonds. The van der Waals surface area contributed by atoms with Crippen LogP contribution >= 0.6 is 0 Å². The molecule has 0 aromatic rings.